The lowest BCUT2D eigenvalue weighted by molar-refractivity contribution is -0.184. The lowest BCUT2D eigenvalue weighted by Crippen LogP contribution is -2.78. The van der Waals surface area contributed by atoms with Gasteiger partial charge in [-0.2, -0.15) is 13.2 Å². The second-order valence-electron chi connectivity index (χ2n) is 8.24. The van der Waals surface area contributed by atoms with Gasteiger partial charge in [0.1, 0.15) is 17.3 Å². The van der Waals surface area contributed by atoms with E-state index >= 15 is 0 Å². The zero-order valence-electron chi connectivity index (χ0n) is 16.6. The molecule has 1 aromatic heterocycles. The van der Waals surface area contributed by atoms with Crippen LogP contribution in [0.3, 0.4) is 0 Å². The van der Waals surface area contributed by atoms with E-state index in [-0.39, 0.29) is 35.7 Å². The van der Waals surface area contributed by atoms with Crippen LogP contribution in [-0.2, 0) is 22.3 Å². The second-order valence-corrected chi connectivity index (χ2v) is 8.64. The highest BCUT2D eigenvalue weighted by atomic mass is 35.5. The van der Waals surface area contributed by atoms with Gasteiger partial charge in [0.2, 0.25) is 5.91 Å². The van der Waals surface area contributed by atoms with Crippen molar-refractivity contribution in [2.75, 3.05) is 6.61 Å². The van der Waals surface area contributed by atoms with E-state index in [1.54, 1.807) is 0 Å². The average Bonchev–Trinajstić information content (AvgIpc) is 2.68. The number of carbonyl (C=O) groups is 2. The maximum absolute atomic E-state index is 13.4. The molecule has 2 bridgehead atoms. The van der Waals surface area contributed by atoms with E-state index in [2.05, 4.69) is 15.6 Å². The fourth-order valence-corrected chi connectivity index (χ4v) is 4.39. The summed E-state index contributed by atoms with van der Waals surface area (Å²) < 4.78 is 56.3. The smallest absolute Gasteiger partial charge is 0.433 e. The van der Waals surface area contributed by atoms with Crippen LogP contribution >= 0.6 is 11.6 Å². The lowest BCUT2D eigenvalue weighted by Gasteiger charge is -2.69. The number of pyridine rings is 1. The first kappa shape index (κ1) is 22.3. The summed E-state index contributed by atoms with van der Waals surface area (Å²) in [4.78, 5) is 28.0. The van der Waals surface area contributed by atoms with Crippen LogP contribution in [0.2, 0.25) is 5.02 Å². The van der Waals surface area contributed by atoms with E-state index in [1.807, 2.05) is 0 Å². The first-order chi connectivity index (χ1) is 15.0. The number of alkyl halides is 3. The predicted molar refractivity (Wildman–Crippen MR) is 105 cm³/mol. The average molecular weight is 472 g/mol. The number of hydrogen-bond acceptors (Lipinski definition) is 4. The fraction of sp³-hybridized carbons (Fsp3) is 0.381. The Morgan fingerprint density at radius 2 is 1.88 bits per heavy atom. The number of benzene rings is 1. The third-order valence-corrected chi connectivity index (χ3v) is 6.05. The normalized spacial score (nSPS) is 23.5. The van der Waals surface area contributed by atoms with E-state index in [4.69, 9.17) is 16.3 Å². The minimum atomic E-state index is -4.51. The number of carbonyl (C=O) groups excluding carboxylic acids is 2. The van der Waals surface area contributed by atoms with Gasteiger partial charge in [-0.1, -0.05) is 17.7 Å². The zero-order chi connectivity index (χ0) is 23.1. The van der Waals surface area contributed by atoms with Crippen molar-refractivity contribution >= 4 is 23.4 Å². The molecule has 0 saturated heterocycles. The van der Waals surface area contributed by atoms with Gasteiger partial charge >= 0.3 is 6.18 Å². The molecule has 3 saturated carbocycles. The number of halogens is 5. The monoisotopic (exact) mass is 471 g/mol. The number of amides is 2. The second kappa shape index (κ2) is 7.91. The molecule has 2 N–H and O–H groups in total. The molecule has 170 valence electrons. The van der Waals surface area contributed by atoms with Gasteiger partial charge in [-0.25, -0.2) is 4.39 Å². The maximum atomic E-state index is 13.4. The molecule has 6 nitrogen and oxygen atoms in total. The quantitative estimate of drug-likeness (QED) is 0.604. The molecule has 0 radical (unpaired) electrons. The first-order valence-electron chi connectivity index (χ1n) is 9.70. The standard InChI is InChI=1S/C21H18ClF4N3O3/c22-14-3-2-13(5-15(14)23)32-8-17(30)29-20-9-19(10-20,11-20)18(31)28-7-12-1-4-16(27-6-12)21(24,25)26/h1-6H,7-11H2,(H,28,31)(H,29,30). The third kappa shape index (κ3) is 4.36. The number of nitrogens with one attached hydrogen (secondary N) is 2. The number of nitrogens with zero attached hydrogens (tertiary/aromatic N) is 1. The number of ether oxygens (including phenoxy) is 1. The molecular formula is C21H18ClF4N3O3. The zero-order valence-corrected chi connectivity index (χ0v) is 17.3. The molecule has 1 aromatic carbocycles. The number of aromatic nitrogens is 1. The van der Waals surface area contributed by atoms with Crippen LogP contribution in [0.1, 0.15) is 30.5 Å². The van der Waals surface area contributed by atoms with Gasteiger partial charge in [0, 0.05) is 24.3 Å². The molecule has 5 rings (SSSR count). The number of hydrogen-bond donors (Lipinski definition) is 2. The highest BCUT2D eigenvalue weighted by Crippen LogP contribution is 2.67. The van der Waals surface area contributed by atoms with Gasteiger partial charge in [-0.15, -0.1) is 0 Å². The summed E-state index contributed by atoms with van der Waals surface area (Å²) in [5, 5.41) is 5.52. The molecular weight excluding hydrogens is 454 g/mol. The van der Waals surface area contributed by atoms with Crippen LogP contribution < -0.4 is 15.4 Å². The minimum absolute atomic E-state index is 0.0474. The summed E-state index contributed by atoms with van der Waals surface area (Å²) in [5.74, 6) is -1.07. The van der Waals surface area contributed by atoms with Crippen molar-refractivity contribution < 1.29 is 31.9 Å². The fourth-order valence-electron chi connectivity index (χ4n) is 4.28. The molecule has 2 aromatic rings. The van der Waals surface area contributed by atoms with Gasteiger partial charge in [0.25, 0.3) is 5.91 Å². The largest absolute Gasteiger partial charge is 0.484 e. The van der Waals surface area contributed by atoms with Crippen molar-refractivity contribution in [1.82, 2.24) is 15.6 Å². The van der Waals surface area contributed by atoms with E-state index in [0.29, 0.717) is 24.8 Å². The highest BCUT2D eigenvalue weighted by Gasteiger charge is 2.72. The van der Waals surface area contributed by atoms with Crippen LogP contribution in [-0.4, -0.2) is 28.9 Å². The van der Waals surface area contributed by atoms with Crippen LogP contribution in [0.5, 0.6) is 5.75 Å². The summed E-state index contributed by atoms with van der Waals surface area (Å²) in [7, 11) is 0. The van der Waals surface area contributed by atoms with Crippen LogP contribution in [0, 0.1) is 11.2 Å². The van der Waals surface area contributed by atoms with Gasteiger partial charge in [0.15, 0.2) is 6.61 Å². The van der Waals surface area contributed by atoms with Crippen molar-refractivity contribution in [2.45, 2.75) is 37.5 Å². The SMILES string of the molecule is O=C(COc1ccc(Cl)c(F)c1)NC12CC(C(=O)NCc3ccc(C(F)(F)F)nc3)(C1)C2. The Kier molecular flexibility index (Phi) is 5.52. The molecule has 3 fully saturated rings. The molecule has 0 unspecified atom stereocenters. The van der Waals surface area contributed by atoms with E-state index in [9.17, 15) is 27.2 Å². The Bertz CT molecular complexity index is 1040. The summed E-state index contributed by atoms with van der Waals surface area (Å²) in [6.07, 6.45) is -2.02. The lowest BCUT2D eigenvalue weighted by atomic mass is 9.39. The topological polar surface area (TPSA) is 80.3 Å². The molecule has 11 heteroatoms. The third-order valence-electron chi connectivity index (χ3n) is 5.75. The summed E-state index contributed by atoms with van der Waals surface area (Å²) >= 11 is 5.59. The summed E-state index contributed by atoms with van der Waals surface area (Å²) in [6, 6.07) is 6.00. The molecule has 3 aliphatic carbocycles. The van der Waals surface area contributed by atoms with Gasteiger partial charge in [-0.05, 0) is 43.0 Å². The van der Waals surface area contributed by atoms with Crippen LogP contribution in [0.25, 0.3) is 0 Å². The molecule has 3 aliphatic rings. The Morgan fingerprint density at radius 1 is 1.16 bits per heavy atom. The Labute approximate surface area is 185 Å². The molecule has 2 amide bonds. The van der Waals surface area contributed by atoms with Gasteiger partial charge < -0.3 is 15.4 Å². The van der Waals surface area contributed by atoms with E-state index < -0.39 is 28.6 Å². The minimum Gasteiger partial charge on any atom is -0.484 e. The first-order valence-corrected chi connectivity index (χ1v) is 10.1. The van der Waals surface area contributed by atoms with Crippen molar-refractivity contribution in [3.8, 4) is 5.75 Å². The van der Waals surface area contributed by atoms with Gasteiger partial charge in [0.05, 0.1) is 10.4 Å². The summed E-state index contributed by atoms with van der Waals surface area (Å²) in [5.41, 5.74) is -1.57. The van der Waals surface area contributed by atoms with E-state index in [0.717, 1.165) is 18.3 Å². The van der Waals surface area contributed by atoms with Crippen LogP contribution in [0.4, 0.5) is 17.6 Å². The van der Waals surface area contributed by atoms with Crippen molar-refractivity contribution in [3.63, 3.8) is 0 Å². The maximum Gasteiger partial charge on any atom is 0.433 e. The molecule has 32 heavy (non-hydrogen) atoms. The Morgan fingerprint density at radius 3 is 2.47 bits per heavy atom. The molecule has 0 spiro atoms. The van der Waals surface area contributed by atoms with Gasteiger partial charge in [-0.3, -0.25) is 14.6 Å². The molecule has 0 atom stereocenters. The highest BCUT2D eigenvalue weighted by molar-refractivity contribution is 6.30. The Balaban J connectivity index is 1.20. The Hall–Kier alpha value is -2.88. The van der Waals surface area contributed by atoms with Crippen molar-refractivity contribution in [1.29, 1.82) is 0 Å². The predicted octanol–water partition coefficient (Wildman–Crippen LogP) is 3.63. The number of rotatable bonds is 7. The van der Waals surface area contributed by atoms with Crippen LogP contribution in [0.15, 0.2) is 36.5 Å². The molecule has 0 aliphatic heterocycles. The van der Waals surface area contributed by atoms with Crippen molar-refractivity contribution in [3.05, 3.63) is 58.6 Å². The molecule has 1 heterocycles. The van der Waals surface area contributed by atoms with Crippen molar-refractivity contribution in [2.24, 2.45) is 5.41 Å². The summed E-state index contributed by atoms with van der Waals surface area (Å²) in [6.45, 7) is -0.237. The van der Waals surface area contributed by atoms with E-state index in [1.165, 1.54) is 18.2 Å².